The van der Waals surface area contributed by atoms with Crippen LogP contribution in [-0.4, -0.2) is 67.3 Å². The molecule has 0 spiro atoms. The van der Waals surface area contributed by atoms with Crippen LogP contribution in [0.5, 0.6) is 5.75 Å². The number of alkyl halides is 3. The molecule has 0 unspecified atom stereocenters. The summed E-state index contributed by atoms with van der Waals surface area (Å²) in [6.45, 7) is 1.41. The van der Waals surface area contributed by atoms with Gasteiger partial charge in [0.2, 0.25) is 5.95 Å². The van der Waals surface area contributed by atoms with Gasteiger partial charge in [-0.25, -0.2) is 4.98 Å². The Morgan fingerprint density at radius 3 is 2.68 bits per heavy atom. The summed E-state index contributed by atoms with van der Waals surface area (Å²) < 4.78 is 40.2. The standard InChI is InChI=1S/C18H17F3N6O.CH2O2/c1-26-6-2-3-12(9-26)23-17-25-24-16(14-8-22-10-27(14)17)13-5-4-11(7-15(13)28)18(19,20)21;2-1-3/h2-5,7-8,10,12,28H,6,9H2,1H3,(H,23,25);1H,(H,2,3)/t12-;/m1./s1. The second-order valence-corrected chi connectivity index (χ2v) is 6.76. The first-order chi connectivity index (χ1) is 14.7. The highest BCUT2D eigenvalue weighted by molar-refractivity contribution is 5.80. The van der Waals surface area contributed by atoms with Gasteiger partial charge < -0.3 is 20.4 Å². The van der Waals surface area contributed by atoms with Gasteiger partial charge in [0.1, 0.15) is 17.8 Å². The molecule has 3 heterocycles. The smallest absolute Gasteiger partial charge is 0.416 e. The van der Waals surface area contributed by atoms with E-state index in [2.05, 4.69) is 25.4 Å². The number of hydrogen-bond acceptors (Lipinski definition) is 7. The molecule has 31 heavy (non-hydrogen) atoms. The van der Waals surface area contributed by atoms with Crippen molar-refractivity contribution in [3.63, 3.8) is 0 Å². The van der Waals surface area contributed by atoms with Gasteiger partial charge in [-0.1, -0.05) is 12.2 Å². The summed E-state index contributed by atoms with van der Waals surface area (Å²) in [6, 6.07) is 2.79. The van der Waals surface area contributed by atoms with Crippen LogP contribution in [0.1, 0.15) is 5.56 Å². The highest BCUT2D eigenvalue weighted by Gasteiger charge is 2.31. The minimum atomic E-state index is -4.54. The predicted molar refractivity (Wildman–Crippen MR) is 106 cm³/mol. The van der Waals surface area contributed by atoms with Crippen molar-refractivity contribution in [3.05, 3.63) is 48.4 Å². The number of halogens is 3. The van der Waals surface area contributed by atoms with Gasteiger partial charge in [0.25, 0.3) is 6.47 Å². The number of aromatic nitrogens is 4. The molecular formula is C19H19F3N6O3. The molecule has 0 amide bonds. The number of likely N-dealkylation sites (N-methyl/N-ethyl adjacent to an activating group) is 1. The van der Waals surface area contributed by atoms with Crippen LogP contribution in [0.4, 0.5) is 19.1 Å². The Labute approximate surface area is 174 Å². The number of hydrogen-bond donors (Lipinski definition) is 3. The van der Waals surface area contributed by atoms with E-state index in [1.165, 1.54) is 18.6 Å². The summed E-state index contributed by atoms with van der Waals surface area (Å²) in [5.74, 6) is -0.0719. The molecule has 0 saturated carbocycles. The lowest BCUT2D eigenvalue weighted by molar-refractivity contribution is -0.137. The molecule has 164 valence electrons. The summed E-state index contributed by atoms with van der Waals surface area (Å²) in [5.41, 5.74) is -0.0288. The van der Waals surface area contributed by atoms with Gasteiger partial charge >= 0.3 is 6.18 Å². The van der Waals surface area contributed by atoms with Crippen LogP contribution >= 0.6 is 0 Å². The number of nitrogens with zero attached hydrogens (tertiary/aromatic N) is 5. The monoisotopic (exact) mass is 436 g/mol. The van der Waals surface area contributed by atoms with Crippen LogP contribution in [-0.2, 0) is 11.0 Å². The molecule has 3 N–H and O–H groups in total. The van der Waals surface area contributed by atoms with Crippen LogP contribution < -0.4 is 5.32 Å². The van der Waals surface area contributed by atoms with Crippen molar-refractivity contribution in [3.8, 4) is 17.0 Å². The van der Waals surface area contributed by atoms with Gasteiger partial charge in [-0.05, 0) is 25.2 Å². The van der Waals surface area contributed by atoms with E-state index in [4.69, 9.17) is 9.90 Å². The van der Waals surface area contributed by atoms with Crippen LogP contribution in [0.25, 0.3) is 16.8 Å². The van der Waals surface area contributed by atoms with Gasteiger partial charge in [-0.2, -0.15) is 13.2 Å². The third kappa shape index (κ3) is 4.91. The zero-order chi connectivity index (χ0) is 22.6. The number of rotatable bonds is 3. The third-order valence-electron chi connectivity index (χ3n) is 4.54. The zero-order valence-corrected chi connectivity index (χ0v) is 16.3. The number of benzene rings is 1. The SMILES string of the molecule is CN1CC=C[C@@H](Nc2nnc(-c3ccc(C(F)(F)F)cc3O)c3cncn23)C1.O=CO. The van der Waals surface area contributed by atoms with E-state index in [0.717, 1.165) is 19.2 Å². The molecular weight excluding hydrogens is 417 g/mol. The van der Waals surface area contributed by atoms with Crippen molar-refractivity contribution in [2.75, 3.05) is 25.5 Å². The first kappa shape index (κ1) is 22.0. The molecule has 1 aliphatic rings. The second-order valence-electron chi connectivity index (χ2n) is 6.76. The first-order valence-corrected chi connectivity index (χ1v) is 9.03. The molecule has 2 aromatic heterocycles. The maximum absolute atomic E-state index is 12.8. The molecule has 0 radical (unpaired) electrons. The van der Waals surface area contributed by atoms with E-state index >= 15 is 0 Å². The van der Waals surface area contributed by atoms with E-state index < -0.39 is 17.5 Å². The molecule has 1 aliphatic heterocycles. The van der Waals surface area contributed by atoms with Gasteiger partial charge in [-0.3, -0.25) is 9.20 Å². The van der Waals surface area contributed by atoms with Crippen LogP contribution in [0.15, 0.2) is 42.9 Å². The number of aromatic hydroxyl groups is 1. The molecule has 12 heteroatoms. The number of imidazole rings is 1. The molecule has 1 aromatic carbocycles. The Hall–Kier alpha value is -3.67. The van der Waals surface area contributed by atoms with E-state index in [9.17, 15) is 18.3 Å². The van der Waals surface area contributed by atoms with Gasteiger partial charge in [0.05, 0.1) is 23.3 Å². The molecule has 0 fully saturated rings. The number of phenolic OH excluding ortho intramolecular Hbond substituents is 1. The quantitative estimate of drug-likeness (QED) is 0.424. The molecule has 4 rings (SSSR count). The van der Waals surface area contributed by atoms with Crippen LogP contribution in [0.3, 0.4) is 0 Å². The largest absolute Gasteiger partial charge is 0.507 e. The number of fused-ring (bicyclic) bond motifs is 1. The van der Waals surface area contributed by atoms with E-state index in [1.807, 2.05) is 19.2 Å². The summed E-state index contributed by atoms with van der Waals surface area (Å²) in [5, 5.41) is 28.6. The fraction of sp³-hybridized carbons (Fsp3) is 0.263. The fourth-order valence-corrected chi connectivity index (χ4v) is 3.17. The number of carboxylic acid groups (broad SMARTS) is 1. The van der Waals surface area contributed by atoms with Crippen molar-refractivity contribution < 1.29 is 28.2 Å². The van der Waals surface area contributed by atoms with Gasteiger partial charge in [0.15, 0.2) is 0 Å². The minimum absolute atomic E-state index is 0.0315. The Kier molecular flexibility index (Phi) is 6.39. The fourth-order valence-electron chi connectivity index (χ4n) is 3.17. The average Bonchev–Trinajstić information content (AvgIpc) is 3.19. The molecule has 0 aliphatic carbocycles. The van der Waals surface area contributed by atoms with E-state index in [-0.39, 0.29) is 23.8 Å². The number of phenols is 1. The molecule has 9 nitrogen and oxygen atoms in total. The zero-order valence-electron chi connectivity index (χ0n) is 16.3. The highest BCUT2D eigenvalue weighted by Crippen LogP contribution is 2.37. The summed E-state index contributed by atoms with van der Waals surface area (Å²) in [7, 11) is 2.01. The van der Waals surface area contributed by atoms with E-state index in [1.54, 1.807) is 4.40 Å². The van der Waals surface area contributed by atoms with Gasteiger partial charge in [0, 0.05) is 18.7 Å². The Bertz CT molecular complexity index is 1100. The van der Waals surface area contributed by atoms with Crippen molar-refractivity contribution >= 4 is 17.9 Å². The van der Waals surface area contributed by atoms with Crippen molar-refractivity contribution in [1.29, 1.82) is 0 Å². The minimum Gasteiger partial charge on any atom is -0.507 e. The lowest BCUT2D eigenvalue weighted by atomic mass is 10.1. The predicted octanol–water partition coefficient (Wildman–Crippen LogP) is 2.50. The lowest BCUT2D eigenvalue weighted by Gasteiger charge is -2.26. The number of carbonyl (C=O) groups is 1. The van der Waals surface area contributed by atoms with E-state index in [0.29, 0.717) is 17.5 Å². The lowest BCUT2D eigenvalue weighted by Crippen LogP contribution is -2.37. The first-order valence-electron chi connectivity index (χ1n) is 9.03. The Balaban J connectivity index is 0.000000858. The topological polar surface area (TPSA) is 116 Å². The maximum Gasteiger partial charge on any atom is 0.416 e. The summed E-state index contributed by atoms with van der Waals surface area (Å²) in [4.78, 5) is 14.6. The Morgan fingerprint density at radius 1 is 1.29 bits per heavy atom. The summed E-state index contributed by atoms with van der Waals surface area (Å²) in [6.07, 6.45) is 2.61. The van der Waals surface area contributed by atoms with Crippen molar-refractivity contribution in [1.82, 2.24) is 24.5 Å². The van der Waals surface area contributed by atoms with Crippen molar-refractivity contribution in [2.45, 2.75) is 12.2 Å². The second kappa shape index (κ2) is 9.00. The Morgan fingerprint density at radius 2 is 2.03 bits per heavy atom. The normalized spacial score (nSPS) is 16.6. The van der Waals surface area contributed by atoms with Crippen LogP contribution in [0.2, 0.25) is 0 Å². The molecule has 0 saturated heterocycles. The number of nitrogens with one attached hydrogen (secondary N) is 1. The van der Waals surface area contributed by atoms with Crippen LogP contribution in [0, 0.1) is 0 Å². The van der Waals surface area contributed by atoms with Gasteiger partial charge in [-0.15, -0.1) is 10.2 Å². The highest BCUT2D eigenvalue weighted by atomic mass is 19.4. The third-order valence-corrected chi connectivity index (χ3v) is 4.54. The average molecular weight is 436 g/mol. The molecule has 0 bridgehead atoms. The van der Waals surface area contributed by atoms with Crippen molar-refractivity contribution in [2.24, 2.45) is 0 Å². The summed E-state index contributed by atoms with van der Waals surface area (Å²) >= 11 is 0. The number of anilines is 1. The molecule has 1 atom stereocenters. The maximum atomic E-state index is 12.8. The molecule has 3 aromatic rings.